The molecule has 2 aromatic heterocycles. The Morgan fingerprint density at radius 1 is 1.00 bits per heavy atom. The second-order valence-corrected chi connectivity index (χ2v) is 8.79. The molecule has 4 aromatic rings. The van der Waals surface area contributed by atoms with Gasteiger partial charge in [-0.15, -0.1) is 0 Å². The zero-order chi connectivity index (χ0) is 26.3. The Balaban J connectivity index is 0.00000148. The van der Waals surface area contributed by atoms with Gasteiger partial charge in [0.25, 0.3) is 11.1 Å². The third-order valence-electron chi connectivity index (χ3n) is 6.26. The molecule has 5 rings (SSSR count). The van der Waals surface area contributed by atoms with Gasteiger partial charge in [-0.3, -0.25) is 23.3 Å². The van der Waals surface area contributed by atoms with Gasteiger partial charge in [-0.1, -0.05) is 26.0 Å². The van der Waals surface area contributed by atoms with Crippen LogP contribution in [0.1, 0.15) is 43.9 Å². The molecule has 1 saturated carbocycles. The van der Waals surface area contributed by atoms with Crippen LogP contribution in [0.2, 0.25) is 0 Å². The molecule has 9 heteroatoms. The third kappa shape index (κ3) is 4.10. The number of hydrogen-bond acceptors (Lipinski definition) is 5. The summed E-state index contributed by atoms with van der Waals surface area (Å²) < 4.78 is 18.6. The highest BCUT2D eigenvalue weighted by atomic mass is 19.1. The standard InChI is InChI=1S/C25H24FN5O3.C2H6/c1-13-7-10-19(18(26)11-13)28-22-20-21(14(2)23(32)29(22)3)30(17-6-4-5-15(27)12-17)25(34)31(24(20)33)16-8-9-16;1-2/h4-7,10-12,16,28H,8-9,27H2,1-3H3;1-2H3. The van der Waals surface area contributed by atoms with E-state index in [9.17, 15) is 18.8 Å². The minimum Gasteiger partial charge on any atom is -0.399 e. The topological polar surface area (TPSA) is 104 Å². The molecule has 36 heavy (non-hydrogen) atoms. The van der Waals surface area contributed by atoms with Crippen LogP contribution in [0.25, 0.3) is 16.6 Å². The normalized spacial score (nSPS) is 12.8. The summed E-state index contributed by atoms with van der Waals surface area (Å²) in [6.45, 7) is 7.34. The van der Waals surface area contributed by atoms with E-state index in [4.69, 9.17) is 5.73 Å². The Kier molecular flexibility index (Phi) is 6.58. The van der Waals surface area contributed by atoms with Gasteiger partial charge in [0.05, 0.1) is 16.9 Å². The predicted molar refractivity (Wildman–Crippen MR) is 142 cm³/mol. The van der Waals surface area contributed by atoms with E-state index in [1.54, 1.807) is 50.2 Å². The Labute approximate surface area is 207 Å². The number of fused-ring (bicyclic) bond motifs is 1. The number of aromatic nitrogens is 3. The molecule has 0 atom stereocenters. The summed E-state index contributed by atoms with van der Waals surface area (Å²) in [6.07, 6.45) is 1.41. The lowest BCUT2D eigenvalue weighted by Gasteiger charge is -2.20. The highest BCUT2D eigenvalue weighted by molar-refractivity contribution is 5.93. The highest BCUT2D eigenvalue weighted by Crippen LogP contribution is 2.34. The van der Waals surface area contributed by atoms with E-state index in [-0.39, 0.29) is 34.0 Å². The molecule has 0 radical (unpaired) electrons. The van der Waals surface area contributed by atoms with Gasteiger partial charge in [0, 0.05) is 24.3 Å². The summed E-state index contributed by atoms with van der Waals surface area (Å²) in [5, 5.41) is 3.08. The van der Waals surface area contributed by atoms with E-state index in [1.807, 2.05) is 13.8 Å². The van der Waals surface area contributed by atoms with Gasteiger partial charge in [-0.25, -0.2) is 9.18 Å². The lowest BCUT2D eigenvalue weighted by Crippen LogP contribution is -2.41. The molecule has 1 aliphatic carbocycles. The van der Waals surface area contributed by atoms with Gasteiger partial charge < -0.3 is 11.1 Å². The van der Waals surface area contributed by atoms with Gasteiger partial charge in [0.15, 0.2) is 0 Å². The summed E-state index contributed by atoms with van der Waals surface area (Å²) in [5.41, 5.74) is 6.64. The predicted octanol–water partition coefficient (Wildman–Crippen LogP) is 4.29. The number of pyridine rings is 1. The Morgan fingerprint density at radius 2 is 1.69 bits per heavy atom. The molecule has 1 aliphatic rings. The molecule has 8 nitrogen and oxygen atoms in total. The number of nitrogens with two attached hydrogens (primary N) is 1. The maximum Gasteiger partial charge on any atom is 0.336 e. The van der Waals surface area contributed by atoms with E-state index < -0.39 is 22.6 Å². The van der Waals surface area contributed by atoms with Crippen LogP contribution in [0.5, 0.6) is 0 Å². The first-order valence-corrected chi connectivity index (χ1v) is 12.0. The van der Waals surface area contributed by atoms with Crippen molar-refractivity contribution in [1.29, 1.82) is 0 Å². The molecular formula is C27H30FN5O3. The molecule has 0 spiro atoms. The monoisotopic (exact) mass is 491 g/mol. The number of nitrogens with zero attached hydrogens (tertiary/aromatic N) is 3. The fourth-order valence-electron chi connectivity index (χ4n) is 4.37. The van der Waals surface area contributed by atoms with Gasteiger partial charge in [-0.05, 0) is 62.6 Å². The van der Waals surface area contributed by atoms with Crippen LogP contribution >= 0.6 is 0 Å². The molecule has 0 unspecified atom stereocenters. The molecule has 0 amide bonds. The molecule has 188 valence electrons. The van der Waals surface area contributed by atoms with Crippen molar-refractivity contribution < 1.29 is 4.39 Å². The van der Waals surface area contributed by atoms with Crippen molar-refractivity contribution in [3.8, 4) is 5.69 Å². The zero-order valence-corrected chi connectivity index (χ0v) is 21.1. The first-order valence-electron chi connectivity index (χ1n) is 12.0. The van der Waals surface area contributed by atoms with Gasteiger partial charge >= 0.3 is 5.69 Å². The van der Waals surface area contributed by atoms with Gasteiger partial charge in [0.2, 0.25) is 0 Å². The van der Waals surface area contributed by atoms with E-state index >= 15 is 0 Å². The summed E-state index contributed by atoms with van der Waals surface area (Å²) in [5.74, 6) is -0.404. The first-order chi connectivity index (χ1) is 17.2. The number of halogens is 1. The number of benzene rings is 2. The van der Waals surface area contributed by atoms with E-state index in [0.717, 1.165) is 5.56 Å². The summed E-state index contributed by atoms with van der Waals surface area (Å²) in [4.78, 5) is 40.5. The fourth-order valence-corrected chi connectivity index (χ4v) is 4.37. The van der Waals surface area contributed by atoms with Crippen LogP contribution in [0.3, 0.4) is 0 Å². The smallest absolute Gasteiger partial charge is 0.336 e. The third-order valence-corrected chi connectivity index (χ3v) is 6.26. The van der Waals surface area contributed by atoms with E-state index in [1.165, 1.54) is 26.8 Å². The average molecular weight is 492 g/mol. The average Bonchev–Trinajstić information content (AvgIpc) is 3.68. The maximum absolute atomic E-state index is 14.7. The molecular weight excluding hydrogens is 461 g/mol. The number of aryl methyl sites for hydroxylation is 2. The van der Waals surface area contributed by atoms with E-state index in [2.05, 4.69) is 5.32 Å². The minimum atomic E-state index is -0.533. The van der Waals surface area contributed by atoms with Crippen molar-refractivity contribution in [3.05, 3.63) is 90.6 Å². The van der Waals surface area contributed by atoms with Crippen LogP contribution in [-0.4, -0.2) is 13.7 Å². The Bertz CT molecular complexity index is 1660. The summed E-state index contributed by atoms with van der Waals surface area (Å²) in [6, 6.07) is 11.1. The summed E-state index contributed by atoms with van der Waals surface area (Å²) >= 11 is 0. The fraction of sp³-hybridized carbons (Fsp3) is 0.296. The van der Waals surface area contributed by atoms with Crippen LogP contribution in [0.15, 0.2) is 56.8 Å². The molecule has 2 aromatic carbocycles. The van der Waals surface area contributed by atoms with E-state index in [0.29, 0.717) is 24.2 Å². The Hall–Kier alpha value is -4.14. The van der Waals surface area contributed by atoms with Gasteiger partial charge in [-0.2, -0.15) is 0 Å². The van der Waals surface area contributed by atoms with Crippen LogP contribution < -0.4 is 27.9 Å². The number of hydrogen-bond donors (Lipinski definition) is 2. The SMILES string of the molecule is CC.Cc1ccc(Nc2c3c(=O)n(C4CC4)c(=O)n(-c4cccc(N)c4)c3c(C)c(=O)n2C)c(F)c1. The number of anilines is 3. The van der Waals surface area contributed by atoms with Crippen LogP contribution in [0.4, 0.5) is 21.6 Å². The van der Waals surface area contributed by atoms with Crippen molar-refractivity contribution in [2.75, 3.05) is 11.1 Å². The second-order valence-electron chi connectivity index (χ2n) is 8.79. The number of rotatable bonds is 4. The van der Waals surface area contributed by atoms with Crippen molar-refractivity contribution in [2.24, 2.45) is 7.05 Å². The molecule has 0 saturated heterocycles. The lowest BCUT2D eigenvalue weighted by atomic mass is 10.1. The number of nitrogens with one attached hydrogen (secondary N) is 1. The quantitative estimate of drug-likeness (QED) is 0.415. The van der Waals surface area contributed by atoms with Crippen molar-refractivity contribution >= 4 is 28.1 Å². The molecule has 0 bridgehead atoms. The highest BCUT2D eigenvalue weighted by Gasteiger charge is 2.31. The van der Waals surface area contributed by atoms with Crippen molar-refractivity contribution in [3.63, 3.8) is 0 Å². The largest absolute Gasteiger partial charge is 0.399 e. The molecule has 2 heterocycles. The second kappa shape index (κ2) is 9.49. The van der Waals surface area contributed by atoms with Crippen LogP contribution in [0, 0.1) is 19.7 Å². The minimum absolute atomic E-state index is 0.116. The van der Waals surface area contributed by atoms with Crippen molar-refractivity contribution in [1.82, 2.24) is 13.7 Å². The molecule has 0 aliphatic heterocycles. The lowest BCUT2D eigenvalue weighted by molar-refractivity contribution is 0.630. The number of nitrogen functional groups attached to an aromatic ring is 1. The zero-order valence-electron chi connectivity index (χ0n) is 21.1. The maximum atomic E-state index is 14.7. The van der Waals surface area contributed by atoms with Crippen molar-refractivity contribution in [2.45, 2.75) is 46.6 Å². The van der Waals surface area contributed by atoms with Crippen LogP contribution in [-0.2, 0) is 7.05 Å². The van der Waals surface area contributed by atoms with Gasteiger partial charge in [0.1, 0.15) is 17.0 Å². The first kappa shape index (κ1) is 25.0. The molecule has 3 N–H and O–H groups in total. The Morgan fingerprint density at radius 3 is 2.31 bits per heavy atom. The molecule has 1 fully saturated rings. The summed E-state index contributed by atoms with van der Waals surface area (Å²) in [7, 11) is 1.51.